The summed E-state index contributed by atoms with van der Waals surface area (Å²) >= 11 is 0. The van der Waals surface area contributed by atoms with Crippen LogP contribution in [0.4, 0.5) is 5.69 Å². The second-order valence-electron chi connectivity index (χ2n) is 4.50. The molecule has 1 unspecified atom stereocenters. The van der Waals surface area contributed by atoms with Crippen LogP contribution in [0.15, 0.2) is 23.1 Å². The lowest BCUT2D eigenvalue weighted by Crippen LogP contribution is -2.31. The Morgan fingerprint density at radius 2 is 2.17 bits per heavy atom. The number of aryl methyl sites for hydroxylation is 1. The van der Waals surface area contributed by atoms with Gasteiger partial charge in [0, 0.05) is 20.2 Å². The van der Waals surface area contributed by atoms with Gasteiger partial charge in [-0.2, -0.15) is 4.31 Å². The van der Waals surface area contributed by atoms with Crippen LogP contribution < -0.4 is 5.73 Å². The number of sulfonamides is 1. The first-order valence-corrected chi connectivity index (χ1v) is 7.29. The van der Waals surface area contributed by atoms with Crippen molar-refractivity contribution in [1.29, 1.82) is 0 Å². The monoisotopic (exact) mass is 270 g/mol. The first kappa shape index (κ1) is 13.3. The predicted octanol–water partition coefficient (Wildman–Crippen LogP) is 0.987. The van der Waals surface area contributed by atoms with Gasteiger partial charge >= 0.3 is 0 Å². The first-order chi connectivity index (χ1) is 8.46. The highest BCUT2D eigenvalue weighted by Crippen LogP contribution is 2.28. The van der Waals surface area contributed by atoms with Gasteiger partial charge in [-0.3, -0.25) is 0 Å². The highest BCUT2D eigenvalue weighted by Gasteiger charge is 2.34. The zero-order chi connectivity index (χ0) is 13.3. The molecule has 1 fully saturated rings. The molecule has 1 aromatic rings. The van der Waals surface area contributed by atoms with Gasteiger partial charge in [0.2, 0.25) is 10.0 Å². The average molecular weight is 270 g/mol. The Morgan fingerprint density at radius 3 is 2.72 bits per heavy atom. The van der Waals surface area contributed by atoms with Crippen LogP contribution in [0.25, 0.3) is 0 Å². The van der Waals surface area contributed by atoms with Crippen molar-refractivity contribution < 1.29 is 13.2 Å². The minimum atomic E-state index is -3.51. The molecular weight excluding hydrogens is 252 g/mol. The molecule has 0 saturated carbocycles. The fraction of sp³-hybridized carbons (Fsp3) is 0.500. The zero-order valence-electron chi connectivity index (χ0n) is 10.6. The van der Waals surface area contributed by atoms with Gasteiger partial charge < -0.3 is 10.5 Å². The van der Waals surface area contributed by atoms with E-state index in [1.54, 1.807) is 32.2 Å². The van der Waals surface area contributed by atoms with Crippen LogP contribution in [0.3, 0.4) is 0 Å². The number of rotatable bonds is 3. The molecule has 1 aliphatic rings. The van der Waals surface area contributed by atoms with Crippen LogP contribution in [-0.2, 0) is 14.8 Å². The van der Waals surface area contributed by atoms with E-state index in [0.29, 0.717) is 24.3 Å². The summed E-state index contributed by atoms with van der Waals surface area (Å²) in [5.41, 5.74) is 6.78. The molecule has 1 saturated heterocycles. The van der Waals surface area contributed by atoms with Crippen molar-refractivity contribution in [3.63, 3.8) is 0 Å². The number of hydrogen-bond donors (Lipinski definition) is 1. The fourth-order valence-electron chi connectivity index (χ4n) is 2.27. The third kappa shape index (κ3) is 2.23. The molecule has 0 bridgehead atoms. The Labute approximate surface area is 108 Å². The third-order valence-electron chi connectivity index (χ3n) is 3.28. The number of benzene rings is 1. The minimum absolute atomic E-state index is 0.0231. The maximum absolute atomic E-state index is 12.5. The summed E-state index contributed by atoms with van der Waals surface area (Å²) in [5.74, 6) is 0. The summed E-state index contributed by atoms with van der Waals surface area (Å²) in [6.45, 7) is 2.63. The van der Waals surface area contributed by atoms with Gasteiger partial charge in [-0.1, -0.05) is 12.1 Å². The van der Waals surface area contributed by atoms with Gasteiger partial charge in [0.1, 0.15) is 4.90 Å². The molecule has 2 N–H and O–H groups in total. The molecule has 100 valence electrons. The lowest BCUT2D eigenvalue weighted by atomic mass is 10.2. The predicted molar refractivity (Wildman–Crippen MR) is 69.8 cm³/mol. The van der Waals surface area contributed by atoms with Gasteiger partial charge in [-0.25, -0.2) is 8.42 Å². The molecule has 0 radical (unpaired) electrons. The van der Waals surface area contributed by atoms with Crippen molar-refractivity contribution in [2.75, 3.05) is 25.9 Å². The summed E-state index contributed by atoms with van der Waals surface area (Å²) in [6.07, 6.45) is 0.701. The lowest BCUT2D eigenvalue weighted by molar-refractivity contribution is 0.115. The van der Waals surface area contributed by atoms with E-state index in [9.17, 15) is 8.42 Å². The molecule has 5 nitrogen and oxygen atoms in total. The van der Waals surface area contributed by atoms with Gasteiger partial charge in [0.25, 0.3) is 0 Å². The van der Waals surface area contributed by atoms with Crippen LogP contribution in [0, 0.1) is 6.92 Å². The molecule has 1 aliphatic heterocycles. The van der Waals surface area contributed by atoms with Crippen molar-refractivity contribution in [2.45, 2.75) is 24.3 Å². The third-order valence-corrected chi connectivity index (χ3v) is 5.37. The molecule has 0 spiro atoms. The molecule has 2 rings (SSSR count). The van der Waals surface area contributed by atoms with E-state index < -0.39 is 10.0 Å². The second kappa shape index (κ2) is 4.87. The van der Waals surface area contributed by atoms with Crippen LogP contribution >= 0.6 is 0 Å². The van der Waals surface area contributed by atoms with Crippen molar-refractivity contribution >= 4 is 15.7 Å². The van der Waals surface area contributed by atoms with E-state index in [1.807, 2.05) is 0 Å². The van der Waals surface area contributed by atoms with E-state index in [-0.39, 0.29) is 11.0 Å². The van der Waals surface area contributed by atoms with Crippen molar-refractivity contribution in [3.8, 4) is 0 Å². The summed E-state index contributed by atoms with van der Waals surface area (Å²) < 4.78 is 31.7. The van der Waals surface area contributed by atoms with Gasteiger partial charge in [0.05, 0.1) is 11.8 Å². The Bertz CT molecular complexity index is 522. The number of ether oxygens (including phenoxy) is 1. The Kier molecular flexibility index (Phi) is 3.61. The summed E-state index contributed by atoms with van der Waals surface area (Å²) in [6, 6.07) is 5.13. The number of nitrogen functional groups attached to an aromatic ring is 1. The van der Waals surface area contributed by atoms with E-state index in [2.05, 4.69) is 0 Å². The van der Waals surface area contributed by atoms with Crippen LogP contribution in [0.1, 0.15) is 12.0 Å². The topological polar surface area (TPSA) is 72.6 Å². The largest absolute Gasteiger partial charge is 0.398 e. The summed E-state index contributed by atoms with van der Waals surface area (Å²) in [4.78, 5) is 0.224. The zero-order valence-corrected chi connectivity index (χ0v) is 11.4. The molecule has 0 aromatic heterocycles. The SMILES string of the molecule is COC1CCN(S(=O)(=O)c2c(C)cccc2N)C1. The van der Waals surface area contributed by atoms with Gasteiger partial charge in [-0.15, -0.1) is 0 Å². The second-order valence-corrected chi connectivity index (χ2v) is 6.38. The smallest absolute Gasteiger partial charge is 0.245 e. The quantitative estimate of drug-likeness (QED) is 0.831. The molecule has 1 atom stereocenters. The van der Waals surface area contributed by atoms with E-state index in [4.69, 9.17) is 10.5 Å². The molecule has 1 heterocycles. The van der Waals surface area contributed by atoms with Crippen molar-refractivity contribution in [2.24, 2.45) is 0 Å². The molecule has 1 aromatic carbocycles. The number of anilines is 1. The Hall–Kier alpha value is -1.11. The average Bonchev–Trinajstić information content (AvgIpc) is 2.77. The van der Waals surface area contributed by atoms with Crippen molar-refractivity contribution in [3.05, 3.63) is 23.8 Å². The van der Waals surface area contributed by atoms with Gasteiger partial charge in [0.15, 0.2) is 0 Å². The Balaban J connectivity index is 2.38. The van der Waals surface area contributed by atoms with E-state index in [1.165, 1.54) is 4.31 Å². The van der Waals surface area contributed by atoms with E-state index in [0.717, 1.165) is 6.42 Å². The molecular formula is C12H18N2O3S. The maximum Gasteiger partial charge on any atom is 0.245 e. The van der Waals surface area contributed by atoms with Crippen LogP contribution in [-0.4, -0.2) is 39.0 Å². The van der Waals surface area contributed by atoms with E-state index >= 15 is 0 Å². The number of methoxy groups -OCH3 is 1. The maximum atomic E-state index is 12.5. The summed E-state index contributed by atoms with van der Waals surface area (Å²) in [7, 11) is -1.91. The van der Waals surface area contributed by atoms with Gasteiger partial charge in [-0.05, 0) is 25.0 Å². The number of nitrogens with two attached hydrogens (primary N) is 1. The Morgan fingerprint density at radius 1 is 1.44 bits per heavy atom. The minimum Gasteiger partial charge on any atom is -0.398 e. The fourth-order valence-corrected chi connectivity index (χ4v) is 4.07. The molecule has 0 amide bonds. The summed E-state index contributed by atoms with van der Waals surface area (Å²) in [5, 5.41) is 0. The number of nitrogens with zero attached hydrogens (tertiary/aromatic N) is 1. The molecule has 0 aliphatic carbocycles. The standard InChI is InChI=1S/C12H18N2O3S/c1-9-4-3-5-11(13)12(9)18(15,16)14-7-6-10(8-14)17-2/h3-5,10H,6-8,13H2,1-2H3. The highest BCUT2D eigenvalue weighted by molar-refractivity contribution is 7.89. The van der Waals surface area contributed by atoms with Crippen molar-refractivity contribution in [1.82, 2.24) is 4.31 Å². The van der Waals surface area contributed by atoms with Crippen LogP contribution in [0.5, 0.6) is 0 Å². The lowest BCUT2D eigenvalue weighted by Gasteiger charge is -2.19. The highest BCUT2D eigenvalue weighted by atomic mass is 32.2. The normalized spacial score (nSPS) is 21.3. The molecule has 18 heavy (non-hydrogen) atoms. The first-order valence-electron chi connectivity index (χ1n) is 5.85. The molecule has 6 heteroatoms. The number of hydrogen-bond acceptors (Lipinski definition) is 4. The van der Waals surface area contributed by atoms with Crippen LogP contribution in [0.2, 0.25) is 0 Å².